The average molecular weight is 250 g/mol. The minimum absolute atomic E-state index is 0.245. The number of carbonyl (C=O) groups is 1. The second-order valence-electron chi connectivity index (χ2n) is 3.78. The second-order valence-corrected chi connectivity index (χ2v) is 3.78. The summed E-state index contributed by atoms with van der Waals surface area (Å²) in [5.41, 5.74) is 0.368. The van der Waals surface area contributed by atoms with Gasteiger partial charge in [0, 0.05) is 5.56 Å². The molecule has 0 aliphatic heterocycles. The Hall–Kier alpha value is -2.10. The molecule has 4 heteroatoms. The van der Waals surface area contributed by atoms with E-state index in [0.717, 1.165) is 12.1 Å². The highest BCUT2D eigenvalue weighted by molar-refractivity contribution is 5.87. The van der Waals surface area contributed by atoms with Crippen molar-refractivity contribution in [2.75, 3.05) is 0 Å². The van der Waals surface area contributed by atoms with Crippen LogP contribution in [0.15, 0.2) is 48.5 Å². The van der Waals surface area contributed by atoms with Gasteiger partial charge in [-0.2, -0.15) is 13.2 Å². The standard InChI is InChI=1S/C14H9F3O/c15-14(16,17)12-7-6-11(9-18)13(8-12)10-4-2-1-3-5-10/h1-9H. The number of hydrogen-bond acceptors (Lipinski definition) is 1. The van der Waals surface area contributed by atoms with Gasteiger partial charge >= 0.3 is 6.18 Å². The Bertz CT molecular complexity index is 559. The maximum absolute atomic E-state index is 12.6. The molecule has 92 valence electrons. The van der Waals surface area contributed by atoms with Crippen LogP contribution in [0.4, 0.5) is 13.2 Å². The summed E-state index contributed by atoms with van der Waals surface area (Å²) in [4.78, 5) is 10.9. The summed E-state index contributed by atoms with van der Waals surface area (Å²) < 4.78 is 37.9. The van der Waals surface area contributed by atoms with Crippen molar-refractivity contribution in [2.24, 2.45) is 0 Å². The first-order valence-corrected chi connectivity index (χ1v) is 5.24. The molecule has 0 saturated carbocycles. The van der Waals surface area contributed by atoms with Gasteiger partial charge in [-0.3, -0.25) is 4.79 Å². The van der Waals surface area contributed by atoms with Crippen LogP contribution in [0.2, 0.25) is 0 Å². The average Bonchev–Trinajstić information content (AvgIpc) is 2.38. The fourth-order valence-corrected chi connectivity index (χ4v) is 1.70. The van der Waals surface area contributed by atoms with Gasteiger partial charge in [0.1, 0.15) is 0 Å². The molecule has 0 aromatic heterocycles. The SMILES string of the molecule is O=Cc1ccc(C(F)(F)F)cc1-c1ccccc1. The lowest BCUT2D eigenvalue weighted by atomic mass is 9.98. The van der Waals surface area contributed by atoms with E-state index < -0.39 is 11.7 Å². The van der Waals surface area contributed by atoms with Crippen LogP contribution in [0.1, 0.15) is 15.9 Å². The van der Waals surface area contributed by atoms with Crippen LogP contribution in [0.25, 0.3) is 11.1 Å². The highest BCUT2D eigenvalue weighted by atomic mass is 19.4. The fraction of sp³-hybridized carbons (Fsp3) is 0.0714. The lowest BCUT2D eigenvalue weighted by molar-refractivity contribution is -0.137. The molecule has 0 amide bonds. The Labute approximate surface area is 102 Å². The van der Waals surface area contributed by atoms with E-state index in [9.17, 15) is 18.0 Å². The number of rotatable bonds is 2. The van der Waals surface area contributed by atoms with Gasteiger partial charge in [-0.25, -0.2) is 0 Å². The minimum Gasteiger partial charge on any atom is -0.298 e. The number of aldehydes is 1. The third kappa shape index (κ3) is 2.42. The summed E-state index contributed by atoms with van der Waals surface area (Å²) in [7, 11) is 0. The molecule has 0 aliphatic carbocycles. The van der Waals surface area contributed by atoms with Crippen LogP contribution >= 0.6 is 0 Å². The van der Waals surface area contributed by atoms with Gasteiger partial charge in [0.05, 0.1) is 5.56 Å². The van der Waals surface area contributed by atoms with Crippen molar-refractivity contribution in [1.82, 2.24) is 0 Å². The maximum Gasteiger partial charge on any atom is 0.416 e. The first kappa shape index (κ1) is 12.4. The van der Waals surface area contributed by atoms with E-state index in [1.54, 1.807) is 30.3 Å². The van der Waals surface area contributed by atoms with Crippen LogP contribution in [0.5, 0.6) is 0 Å². The van der Waals surface area contributed by atoms with E-state index in [4.69, 9.17) is 0 Å². The zero-order chi connectivity index (χ0) is 13.2. The third-order valence-electron chi connectivity index (χ3n) is 2.59. The maximum atomic E-state index is 12.6. The zero-order valence-corrected chi connectivity index (χ0v) is 9.24. The third-order valence-corrected chi connectivity index (χ3v) is 2.59. The molecule has 1 nitrogen and oxygen atoms in total. The lowest BCUT2D eigenvalue weighted by Gasteiger charge is -2.11. The minimum atomic E-state index is -4.41. The van der Waals surface area contributed by atoms with Crippen molar-refractivity contribution in [3.8, 4) is 11.1 Å². The smallest absolute Gasteiger partial charge is 0.298 e. The van der Waals surface area contributed by atoms with Gasteiger partial charge < -0.3 is 0 Å². The quantitative estimate of drug-likeness (QED) is 0.730. The Morgan fingerprint density at radius 3 is 2.17 bits per heavy atom. The van der Waals surface area contributed by atoms with E-state index in [1.807, 2.05) is 0 Å². The molecule has 0 aliphatic rings. The summed E-state index contributed by atoms with van der Waals surface area (Å²) in [5.74, 6) is 0. The highest BCUT2D eigenvalue weighted by Crippen LogP contribution is 2.33. The normalized spacial score (nSPS) is 11.3. The van der Waals surface area contributed by atoms with Crippen LogP contribution in [0, 0.1) is 0 Å². The predicted molar refractivity (Wildman–Crippen MR) is 62.3 cm³/mol. The van der Waals surface area contributed by atoms with Gasteiger partial charge in [0.2, 0.25) is 0 Å². The van der Waals surface area contributed by atoms with Gasteiger partial charge in [-0.1, -0.05) is 36.4 Å². The van der Waals surface area contributed by atoms with E-state index in [0.29, 0.717) is 17.4 Å². The topological polar surface area (TPSA) is 17.1 Å². The van der Waals surface area contributed by atoms with Crippen LogP contribution in [-0.2, 0) is 6.18 Å². The van der Waals surface area contributed by atoms with Crippen LogP contribution in [-0.4, -0.2) is 6.29 Å². The van der Waals surface area contributed by atoms with Crippen molar-refractivity contribution in [1.29, 1.82) is 0 Å². The van der Waals surface area contributed by atoms with Crippen molar-refractivity contribution in [3.63, 3.8) is 0 Å². The van der Waals surface area contributed by atoms with Gasteiger partial charge in [0.25, 0.3) is 0 Å². The number of alkyl halides is 3. The summed E-state index contributed by atoms with van der Waals surface area (Å²) in [6, 6.07) is 11.6. The molecule has 0 spiro atoms. The molecule has 0 radical (unpaired) electrons. The number of carbonyl (C=O) groups excluding carboxylic acids is 1. The number of halogens is 3. The van der Waals surface area contributed by atoms with Crippen LogP contribution in [0.3, 0.4) is 0 Å². The molecular formula is C14H9F3O. The highest BCUT2D eigenvalue weighted by Gasteiger charge is 2.31. The molecule has 0 fully saturated rings. The lowest BCUT2D eigenvalue weighted by Crippen LogP contribution is -2.05. The monoisotopic (exact) mass is 250 g/mol. The Morgan fingerprint density at radius 1 is 0.944 bits per heavy atom. The molecule has 2 aromatic carbocycles. The first-order chi connectivity index (χ1) is 8.52. The molecular weight excluding hydrogens is 241 g/mol. The van der Waals surface area contributed by atoms with Crippen molar-refractivity contribution < 1.29 is 18.0 Å². The first-order valence-electron chi connectivity index (χ1n) is 5.24. The Balaban J connectivity index is 2.61. The van der Waals surface area contributed by atoms with E-state index >= 15 is 0 Å². The van der Waals surface area contributed by atoms with Crippen molar-refractivity contribution in [2.45, 2.75) is 6.18 Å². The second kappa shape index (κ2) is 4.64. The van der Waals surface area contributed by atoms with Crippen molar-refractivity contribution >= 4 is 6.29 Å². The molecule has 0 heterocycles. The number of benzene rings is 2. The van der Waals surface area contributed by atoms with Gasteiger partial charge in [0.15, 0.2) is 6.29 Å². The predicted octanol–water partition coefficient (Wildman–Crippen LogP) is 4.18. The molecule has 0 saturated heterocycles. The summed E-state index contributed by atoms with van der Waals surface area (Å²) in [6.07, 6.45) is -3.85. The molecule has 18 heavy (non-hydrogen) atoms. The van der Waals surface area contributed by atoms with Gasteiger partial charge in [-0.15, -0.1) is 0 Å². The van der Waals surface area contributed by atoms with E-state index in [2.05, 4.69) is 0 Å². The molecule has 2 aromatic rings. The largest absolute Gasteiger partial charge is 0.416 e. The molecule has 0 unspecified atom stereocenters. The Kier molecular flexibility index (Phi) is 3.19. The fourth-order valence-electron chi connectivity index (χ4n) is 1.70. The van der Waals surface area contributed by atoms with E-state index in [-0.39, 0.29) is 5.56 Å². The van der Waals surface area contributed by atoms with Gasteiger partial charge in [-0.05, 0) is 23.3 Å². The molecule has 0 N–H and O–H groups in total. The molecule has 0 atom stereocenters. The molecule has 2 rings (SSSR count). The zero-order valence-electron chi connectivity index (χ0n) is 9.24. The summed E-state index contributed by atoms with van der Waals surface area (Å²) >= 11 is 0. The molecule has 0 bridgehead atoms. The Morgan fingerprint density at radius 2 is 1.61 bits per heavy atom. The number of hydrogen-bond donors (Lipinski definition) is 0. The van der Waals surface area contributed by atoms with E-state index in [1.165, 1.54) is 6.07 Å². The van der Waals surface area contributed by atoms with Crippen LogP contribution < -0.4 is 0 Å². The van der Waals surface area contributed by atoms with Crippen molar-refractivity contribution in [3.05, 3.63) is 59.7 Å². The summed E-state index contributed by atoms with van der Waals surface area (Å²) in [6.45, 7) is 0. The summed E-state index contributed by atoms with van der Waals surface area (Å²) in [5, 5.41) is 0.